The molecule has 0 bridgehead atoms. The second kappa shape index (κ2) is 3.85. The van der Waals surface area contributed by atoms with Crippen LogP contribution >= 0.6 is 15.9 Å². The largest absolute Gasteiger partial charge is 0.294 e. The van der Waals surface area contributed by atoms with Crippen molar-refractivity contribution in [2.75, 3.05) is 0 Å². The third-order valence-corrected chi connectivity index (χ3v) is 2.46. The molecule has 1 aromatic carbocycles. The van der Waals surface area contributed by atoms with Gasteiger partial charge in [0.05, 0.1) is 0 Å². The summed E-state index contributed by atoms with van der Waals surface area (Å²) in [5.74, 6) is 0.141. The van der Waals surface area contributed by atoms with Crippen LogP contribution in [0.25, 0.3) is 0 Å². The fourth-order valence-corrected chi connectivity index (χ4v) is 1.81. The molecule has 0 aromatic heterocycles. The Hall–Kier alpha value is -0.630. The van der Waals surface area contributed by atoms with Crippen LogP contribution in [0.15, 0.2) is 18.2 Å². The summed E-state index contributed by atoms with van der Waals surface area (Å²) < 4.78 is 0. The van der Waals surface area contributed by atoms with E-state index in [2.05, 4.69) is 15.9 Å². The van der Waals surface area contributed by atoms with Gasteiger partial charge in [-0.15, -0.1) is 0 Å². The van der Waals surface area contributed by atoms with Gasteiger partial charge in [0, 0.05) is 10.9 Å². The number of aryl methyl sites for hydroxylation is 1. The van der Waals surface area contributed by atoms with Crippen molar-refractivity contribution in [2.45, 2.75) is 19.2 Å². The highest BCUT2D eigenvalue weighted by molar-refractivity contribution is 9.08. The molecule has 0 unspecified atom stereocenters. The van der Waals surface area contributed by atoms with Crippen LogP contribution in [-0.4, -0.2) is 5.78 Å². The number of hydrogen-bond acceptors (Lipinski definition) is 1. The summed E-state index contributed by atoms with van der Waals surface area (Å²) >= 11 is 3.36. The molecule has 0 saturated carbocycles. The molecule has 0 amide bonds. The van der Waals surface area contributed by atoms with Crippen molar-refractivity contribution in [1.82, 2.24) is 0 Å². The predicted octanol–water partition coefficient (Wildman–Crippen LogP) is 3.09. The Balaban J connectivity index is 3.29. The minimum absolute atomic E-state index is 0.141. The lowest BCUT2D eigenvalue weighted by Crippen LogP contribution is -2.00. The van der Waals surface area contributed by atoms with Gasteiger partial charge in [-0.2, -0.15) is 0 Å². The SMILES string of the molecule is CC(=O)c1c(C)cccc1CBr. The number of halogens is 1. The van der Waals surface area contributed by atoms with Crippen molar-refractivity contribution >= 4 is 21.7 Å². The van der Waals surface area contributed by atoms with Gasteiger partial charge in [0.2, 0.25) is 0 Å². The molecule has 0 spiro atoms. The van der Waals surface area contributed by atoms with Gasteiger partial charge in [0.25, 0.3) is 0 Å². The number of carbonyl (C=O) groups excluding carboxylic acids is 1. The Labute approximate surface area is 80.9 Å². The molecule has 0 radical (unpaired) electrons. The molecule has 1 nitrogen and oxygen atoms in total. The van der Waals surface area contributed by atoms with Crippen LogP contribution in [0.3, 0.4) is 0 Å². The second-order valence-electron chi connectivity index (χ2n) is 2.80. The molecule has 0 fully saturated rings. The number of Topliss-reactive ketones (excluding diaryl/α,β-unsaturated/α-hetero) is 1. The highest BCUT2D eigenvalue weighted by Crippen LogP contribution is 2.17. The first-order valence-electron chi connectivity index (χ1n) is 3.82. The molecule has 64 valence electrons. The van der Waals surface area contributed by atoms with Crippen molar-refractivity contribution < 1.29 is 4.79 Å². The van der Waals surface area contributed by atoms with Crippen molar-refractivity contribution in [3.8, 4) is 0 Å². The second-order valence-corrected chi connectivity index (χ2v) is 3.36. The minimum atomic E-state index is 0.141. The molecule has 0 aliphatic heterocycles. The van der Waals surface area contributed by atoms with E-state index in [1.165, 1.54) is 0 Å². The average molecular weight is 227 g/mol. The quantitative estimate of drug-likeness (QED) is 0.560. The third kappa shape index (κ3) is 1.75. The van der Waals surface area contributed by atoms with E-state index >= 15 is 0 Å². The monoisotopic (exact) mass is 226 g/mol. The maximum absolute atomic E-state index is 11.2. The van der Waals surface area contributed by atoms with E-state index in [1.807, 2.05) is 25.1 Å². The van der Waals surface area contributed by atoms with Gasteiger partial charge in [-0.3, -0.25) is 4.79 Å². The van der Waals surface area contributed by atoms with E-state index in [4.69, 9.17) is 0 Å². The highest BCUT2D eigenvalue weighted by Gasteiger charge is 2.07. The van der Waals surface area contributed by atoms with Gasteiger partial charge in [-0.1, -0.05) is 34.1 Å². The van der Waals surface area contributed by atoms with Crippen molar-refractivity contribution in [1.29, 1.82) is 0 Å². The van der Waals surface area contributed by atoms with Crippen molar-refractivity contribution in [2.24, 2.45) is 0 Å². The van der Waals surface area contributed by atoms with E-state index in [0.717, 1.165) is 22.0 Å². The Morgan fingerprint density at radius 2 is 2.17 bits per heavy atom. The van der Waals surface area contributed by atoms with E-state index < -0.39 is 0 Å². The first-order chi connectivity index (χ1) is 5.66. The van der Waals surface area contributed by atoms with Gasteiger partial charge >= 0.3 is 0 Å². The zero-order chi connectivity index (χ0) is 9.14. The van der Waals surface area contributed by atoms with Gasteiger partial charge in [-0.25, -0.2) is 0 Å². The topological polar surface area (TPSA) is 17.1 Å². The van der Waals surface area contributed by atoms with E-state index in [0.29, 0.717) is 0 Å². The summed E-state index contributed by atoms with van der Waals surface area (Å²) in [5, 5.41) is 0.740. The summed E-state index contributed by atoms with van der Waals surface area (Å²) in [7, 11) is 0. The van der Waals surface area contributed by atoms with E-state index in [9.17, 15) is 4.79 Å². The molecule has 12 heavy (non-hydrogen) atoms. The summed E-state index contributed by atoms with van der Waals surface area (Å²) in [5.41, 5.74) is 2.98. The molecular weight excluding hydrogens is 216 g/mol. The standard InChI is InChI=1S/C10H11BrO/c1-7-4-3-5-9(6-11)10(7)8(2)12/h3-5H,6H2,1-2H3. The average Bonchev–Trinajstić information content (AvgIpc) is 2.03. The number of ketones is 1. The van der Waals surface area contributed by atoms with E-state index in [-0.39, 0.29) is 5.78 Å². The number of carbonyl (C=O) groups is 1. The molecule has 0 heterocycles. The molecule has 1 aromatic rings. The van der Waals surface area contributed by atoms with E-state index in [1.54, 1.807) is 6.92 Å². The first-order valence-corrected chi connectivity index (χ1v) is 4.94. The Morgan fingerprint density at radius 3 is 2.58 bits per heavy atom. The van der Waals surface area contributed by atoms with Crippen LogP contribution in [-0.2, 0) is 5.33 Å². The summed E-state index contributed by atoms with van der Waals surface area (Å²) in [6, 6.07) is 5.90. The normalized spacial score (nSPS) is 9.92. The fraction of sp³-hybridized carbons (Fsp3) is 0.300. The lowest BCUT2D eigenvalue weighted by molar-refractivity contribution is 0.101. The smallest absolute Gasteiger partial charge is 0.160 e. The minimum Gasteiger partial charge on any atom is -0.294 e. The van der Waals surface area contributed by atoms with Crippen LogP contribution in [0.2, 0.25) is 0 Å². The zero-order valence-electron chi connectivity index (χ0n) is 7.23. The summed E-state index contributed by atoms with van der Waals surface area (Å²) in [6.07, 6.45) is 0. The fourth-order valence-electron chi connectivity index (χ4n) is 1.34. The third-order valence-electron chi connectivity index (χ3n) is 1.86. The van der Waals surface area contributed by atoms with Gasteiger partial charge in [0.15, 0.2) is 5.78 Å². The highest BCUT2D eigenvalue weighted by atomic mass is 79.9. The van der Waals surface area contributed by atoms with Crippen LogP contribution < -0.4 is 0 Å². The Morgan fingerprint density at radius 1 is 1.50 bits per heavy atom. The number of hydrogen-bond donors (Lipinski definition) is 0. The summed E-state index contributed by atoms with van der Waals surface area (Å²) in [4.78, 5) is 11.2. The molecule has 0 atom stereocenters. The van der Waals surface area contributed by atoms with Gasteiger partial charge in [-0.05, 0) is 25.0 Å². The summed E-state index contributed by atoms with van der Waals surface area (Å²) in [6.45, 7) is 3.57. The van der Waals surface area contributed by atoms with Crippen LogP contribution in [0.5, 0.6) is 0 Å². The van der Waals surface area contributed by atoms with Crippen molar-refractivity contribution in [3.05, 3.63) is 34.9 Å². The maximum atomic E-state index is 11.2. The molecule has 0 aliphatic rings. The van der Waals surface area contributed by atoms with Crippen molar-refractivity contribution in [3.63, 3.8) is 0 Å². The molecule has 1 rings (SSSR count). The molecule has 2 heteroatoms. The lowest BCUT2D eigenvalue weighted by atomic mass is 10.0. The Bertz CT molecular complexity index is 305. The number of rotatable bonds is 2. The van der Waals surface area contributed by atoms with Gasteiger partial charge in [0.1, 0.15) is 0 Å². The first kappa shape index (κ1) is 9.46. The zero-order valence-corrected chi connectivity index (χ0v) is 8.81. The maximum Gasteiger partial charge on any atom is 0.160 e. The molecule has 0 aliphatic carbocycles. The predicted molar refractivity (Wildman–Crippen MR) is 53.8 cm³/mol. The number of benzene rings is 1. The van der Waals surface area contributed by atoms with Crippen LogP contribution in [0, 0.1) is 6.92 Å². The van der Waals surface area contributed by atoms with Crippen LogP contribution in [0.4, 0.5) is 0 Å². The number of alkyl halides is 1. The molecular formula is C10H11BrO. The van der Waals surface area contributed by atoms with Crippen LogP contribution in [0.1, 0.15) is 28.4 Å². The van der Waals surface area contributed by atoms with Gasteiger partial charge < -0.3 is 0 Å². The lowest BCUT2D eigenvalue weighted by Gasteiger charge is -2.06. The molecule has 0 N–H and O–H groups in total. The molecule has 0 saturated heterocycles. The Kier molecular flexibility index (Phi) is 3.04.